The number of nitrogens with zero attached hydrogens (tertiary/aromatic N) is 2. The van der Waals surface area contributed by atoms with Crippen molar-refractivity contribution < 1.29 is 14.4 Å². The molecule has 7 nitrogen and oxygen atoms in total. The Hall–Kier alpha value is -2.19. The van der Waals surface area contributed by atoms with Gasteiger partial charge in [0.05, 0.1) is 6.42 Å². The van der Waals surface area contributed by atoms with Crippen LogP contribution in [0.15, 0.2) is 24.3 Å². The maximum Gasteiger partial charge on any atom is 0.254 e. The molecule has 2 rings (SSSR count). The average molecular weight is 369 g/mol. The zero-order valence-electron chi connectivity index (χ0n) is 13.2. The van der Waals surface area contributed by atoms with E-state index in [-0.39, 0.29) is 29.3 Å². The van der Waals surface area contributed by atoms with E-state index in [0.717, 1.165) is 0 Å². The number of anilines is 1. The van der Waals surface area contributed by atoms with Crippen LogP contribution < -0.4 is 10.7 Å². The Kier molecular flexibility index (Phi) is 5.74. The summed E-state index contributed by atoms with van der Waals surface area (Å²) in [5.74, 6) is -1.08. The topological polar surface area (TPSA) is 81.8 Å². The molecule has 0 radical (unpaired) electrons. The van der Waals surface area contributed by atoms with Crippen molar-refractivity contribution >= 4 is 52.3 Å². The number of benzene rings is 1. The number of hydrogen-bond acceptors (Lipinski definition) is 4. The Labute approximate surface area is 149 Å². The van der Waals surface area contributed by atoms with Gasteiger partial charge in [0, 0.05) is 24.2 Å². The highest BCUT2D eigenvalue weighted by Crippen LogP contribution is 2.20. The van der Waals surface area contributed by atoms with Crippen LogP contribution in [0.4, 0.5) is 5.69 Å². The van der Waals surface area contributed by atoms with E-state index >= 15 is 0 Å². The third-order valence-corrected chi connectivity index (χ3v) is 4.03. The number of hydrogen-bond donors (Lipinski definition) is 2. The van der Waals surface area contributed by atoms with Crippen molar-refractivity contribution in [3.05, 3.63) is 29.3 Å². The molecule has 0 aromatic heterocycles. The number of hydrazine groups is 1. The molecule has 0 spiro atoms. The smallest absolute Gasteiger partial charge is 0.254 e. The molecule has 128 valence electrons. The molecule has 0 saturated carbocycles. The van der Waals surface area contributed by atoms with Crippen LogP contribution >= 0.6 is 23.8 Å². The van der Waals surface area contributed by atoms with Gasteiger partial charge >= 0.3 is 0 Å². The molecule has 24 heavy (non-hydrogen) atoms. The maximum atomic E-state index is 12.4. The van der Waals surface area contributed by atoms with Crippen LogP contribution in [0.3, 0.4) is 0 Å². The minimum Gasteiger partial charge on any atom is -0.326 e. The minimum absolute atomic E-state index is 0.151. The first-order valence-corrected chi connectivity index (χ1v) is 8.09. The van der Waals surface area contributed by atoms with Gasteiger partial charge in [-0.1, -0.05) is 17.7 Å². The molecule has 1 aromatic rings. The van der Waals surface area contributed by atoms with Gasteiger partial charge in [-0.15, -0.1) is 0 Å². The first-order chi connectivity index (χ1) is 11.3. The summed E-state index contributed by atoms with van der Waals surface area (Å²) in [6.07, 6.45) is -0.151. The van der Waals surface area contributed by atoms with Crippen LogP contribution in [0.1, 0.15) is 20.3 Å². The van der Waals surface area contributed by atoms with Crippen LogP contribution in [0.2, 0.25) is 5.02 Å². The Morgan fingerprint density at radius 2 is 2.08 bits per heavy atom. The Morgan fingerprint density at radius 3 is 2.67 bits per heavy atom. The van der Waals surface area contributed by atoms with Crippen LogP contribution in [0.5, 0.6) is 0 Å². The van der Waals surface area contributed by atoms with Crippen molar-refractivity contribution in [2.75, 3.05) is 11.9 Å². The maximum absolute atomic E-state index is 12.4. The summed E-state index contributed by atoms with van der Waals surface area (Å²) in [6, 6.07) is 5.81. The lowest BCUT2D eigenvalue weighted by atomic mass is 10.2. The summed E-state index contributed by atoms with van der Waals surface area (Å²) in [4.78, 5) is 37.4. The van der Waals surface area contributed by atoms with Gasteiger partial charge < -0.3 is 5.32 Å². The lowest BCUT2D eigenvalue weighted by molar-refractivity contribution is -0.132. The molecule has 1 unspecified atom stereocenters. The van der Waals surface area contributed by atoms with Crippen molar-refractivity contribution in [3.8, 4) is 0 Å². The number of rotatable bonds is 5. The fraction of sp³-hybridized carbons (Fsp3) is 0.333. The molecule has 1 fully saturated rings. The molecule has 1 aromatic carbocycles. The van der Waals surface area contributed by atoms with Crippen LogP contribution in [-0.4, -0.2) is 45.3 Å². The van der Waals surface area contributed by atoms with Crippen molar-refractivity contribution in [1.82, 2.24) is 15.3 Å². The summed E-state index contributed by atoms with van der Waals surface area (Å²) >= 11 is 11.1. The van der Waals surface area contributed by atoms with E-state index in [1.54, 1.807) is 31.2 Å². The fourth-order valence-corrected chi connectivity index (χ4v) is 2.95. The summed E-state index contributed by atoms with van der Waals surface area (Å²) in [7, 11) is 0. The molecule has 0 aliphatic carbocycles. The summed E-state index contributed by atoms with van der Waals surface area (Å²) < 4.78 is 0. The van der Waals surface area contributed by atoms with Gasteiger partial charge in [-0.3, -0.25) is 24.7 Å². The second kappa shape index (κ2) is 7.59. The lowest BCUT2D eigenvalue weighted by Crippen LogP contribution is -2.49. The molecule has 1 aliphatic heterocycles. The van der Waals surface area contributed by atoms with Crippen molar-refractivity contribution in [3.63, 3.8) is 0 Å². The highest BCUT2D eigenvalue weighted by Gasteiger charge is 2.43. The molecule has 1 atom stereocenters. The van der Waals surface area contributed by atoms with Crippen molar-refractivity contribution in [2.24, 2.45) is 0 Å². The lowest BCUT2D eigenvalue weighted by Gasteiger charge is -2.23. The molecule has 3 amide bonds. The number of carbonyl (C=O) groups excluding carboxylic acids is 3. The van der Waals surface area contributed by atoms with E-state index in [4.69, 9.17) is 23.8 Å². The standard InChI is InChI=1S/C15H17ClN4O3S/c1-3-19-14(23)12(20(15(19)24)18-9(2)21)8-13(22)17-11-6-4-5-10(16)7-11/h4-7,12H,3,8H2,1-2H3,(H,17,22)(H,18,21). The van der Waals surface area contributed by atoms with Gasteiger partial charge in [0.2, 0.25) is 11.8 Å². The van der Waals surface area contributed by atoms with E-state index in [1.165, 1.54) is 16.8 Å². The fourth-order valence-electron chi connectivity index (χ4n) is 2.37. The third-order valence-electron chi connectivity index (χ3n) is 3.38. The number of amides is 3. The Bertz CT molecular complexity index is 697. The molecular formula is C15H17ClN4O3S. The largest absolute Gasteiger partial charge is 0.326 e. The molecule has 2 N–H and O–H groups in total. The van der Waals surface area contributed by atoms with Crippen molar-refractivity contribution in [1.29, 1.82) is 0 Å². The summed E-state index contributed by atoms with van der Waals surface area (Å²) in [5.41, 5.74) is 3.03. The van der Waals surface area contributed by atoms with Gasteiger partial charge in [0.25, 0.3) is 5.91 Å². The monoisotopic (exact) mass is 368 g/mol. The van der Waals surface area contributed by atoms with E-state index in [0.29, 0.717) is 17.3 Å². The second-order valence-corrected chi connectivity index (χ2v) is 5.98. The van der Waals surface area contributed by atoms with Crippen LogP contribution in [0.25, 0.3) is 0 Å². The van der Waals surface area contributed by atoms with Gasteiger partial charge in [-0.2, -0.15) is 0 Å². The number of thiocarbonyl (C=S) groups is 1. The van der Waals surface area contributed by atoms with Crippen molar-refractivity contribution in [2.45, 2.75) is 26.3 Å². The van der Waals surface area contributed by atoms with E-state index in [1.807, 2.05) is 0 Å². The second-order valence-electron chi connectivity index (χ2n) is 5.18. The highest BCUT2D eigenvalue weighted by atomic mass is 35.5. The van der Waals surface area contributed by atoms with E-state index < -0.39 is 6.04 Å². The number of likely N-dealkylation sites (N-methyl/N-ethyl adjacent to an activating group) is 1. The average Bonchev–Trinajstić information content (AvgIpc) is 2.70. The Morgan fingerprint density at radius 1 is 1.38 bits per heavy atom. The van der Waals surface area contributed by atoms with Gasteiger partial charge in [-0.25, -0.2) is 5.01 Å². The summed E-state index contributed by atoms with van der Waals surface area (Å²) in [6.45, 7) is 3.44. The predicted molar refractivity (Wildman–Crippen MR) is 94.1 cm³/mol. The first-order valence-electron chi connectivity index (χ1n) is 7.30. The zero-order chi connectivity index (χ0) is 17.9. The normalized spacial score (nSPS) is 17.2. The molecule has 0 bridgehead atoms. The number of nitrogens with one attached hydrogen (secondary N) is 2. The summed E-state index contributed by atoms with van der Waals surface area (Å²) in [5, 5.41) is 4.61. The SMILES string of the molecule is CCN1C(=O)C(CC(=O)Nc2cccc(Cl)c2)N(NC(C)=O)C1=S. The first kappa shape index (κ1) is 18.2. The van der Waals surface area contributed by atoms with Crippen LogP contribution in [-0.2, 0) is 14.4 Å². The van der Waals surface area contributed by atoms with Gasteiger partial charge in [-0.05, 0) is 37.3 Å². The molecule has 1 saturated heterocycles. The zero-order valence-corrected chi connectivity index (χ0v) is 14.8. The quantitative estimate of drug-likeness (QED) is 0.770. The molecule has 9 heteroatoms. The minimum atomic E-state index is -0.875. The van der Waals surface area contributed by atoms with Gasteiger partial charge in [0.1, 0.15) is 6.04 Å². The Balaban J connectivity index is 2.12. The molecule has 1 heterocycles. The molecule has 1 aliphatic rings. The number of halogens is 1. The van der Waals surface area contributed by atoms with Crippen LogP contribution in [0, 0.1) is 0 Å². The molecular weight excluding hydrogens is 352 g/mol. The predicted octanol–water partition coefficient (Wildman–Crippen LogP) is 1.54. The van der Waals surface area contributed by atoms with E-state index in [9.17, 15) is 14.4 Å². The van der Waals surface area contributed by atoms with E-state index in [2.05, 4.69) is 10.7 Å². The third kappa shape index (κ3) is 4.01. The van der Waals surface area contributed by atoms with Gasteiger partial charge in [0.15, 0.2) is 5.11 Å². The number of carbonyl (C=O) groups is 3. The highest BCUT2D eigenvalue weighted by molar-refractivity contribution is 7.80.